The van der Waals surface area contributed by atoms with Crippen molar-refractivity contribution in [3.05, 3.63) is 81.1 Å². The van der Waals surface area contributed by atoms with Gasteiger partial charge in [-0.05, 0) is 86.1 Å². The van der Waals surface area contributed by atoms with Crippen LogP contribution in [0.1, 0.15) is 70.1 Å². The smallest absolute Gasteiger partial charge is 0.387 e. The molecule has 2 aliphatic heterocycles. The number of piperidine rings is 1. The van der Waals surface area contributed by atoms with Gasteiger partial charge in [0.1, 0.15) is 12.6 Å². The molecule has 3 aromatic rings. The Morgan fingerprint density at radius 3 is 2.34 bits per heavy atom. The van der Waals surface area contributed by atoms with Crippen molar-refractivity contribution in [2.24, 2.45) is 5.92 Å². The third-order valence-electron chi connectivity index (χ3n) is 9.34. The Morgan fingerprint density at radius 1 is 0.981 bits per heavy atom. The molecule has 12 nitrogen and oxygen atoms in total. The quantitative estimate of drug-likeness (QED) is 0.123. The summed E-state index contributed by atoms with van der Waals surface area (Å²) >= 11 is 12.8. The first-order valence-electron chi connectivity index (χ1n) is 17.2. The standard InChI is InChI=1S/C36H38Cl2F2N4O8S/c1-53(48,49)44(14-13-42-11-3-2-4-12-42)24-8-9-25-26(16-24)35(47)43(34(25)46)20-33(45)51-31(17-27-28(37)18-41-19-29(27)38)23-7-10-30(52-36(39)40)32(15-23)50-21-22-5-6-22/h7-10,15-16,18-19,22,31,36H,2-6,11-14,17,20-21H2,1H3/t31-/m0/s1. The first-order chi connectivity index (χ1) is 25.3. The number of carbonyl (C=O) groups excluding carboxylic acids is 3. The number of imide groups is 1. The molecule has 0 bridgehead atoms. The summed E-state index contributed by atoms with van der Waals surface area (Å²) in [6.07, 6.45) is 7.66. The van der Waals surface area contributed by atoms with Gasteiger partial charge in [-0.15, -0.1) is 0 Å². The maximum absolute atomic E-state index is 13.6. The van der Waals surface area contributed by atoms with E-state index in [0.29, 0.717) is 17.7 Å². The highest BCUT2D eigenvalue weighted by Crippen LogP contribution is 2.38. The third kappa shape index (κ3) is 9.55. The Morgan fingerprint density at radius 2 is 1.68 bits per heavy atom. The molecule has 1 saturated carbocycles. The number of fused-ring (bicyclic) bond motifs is 1. The molecule has 2 fully saturated rings. The number of alkyl halides is 2. The number of carbonyl (C=O) groups is 3. The van der Waals surface area contributed by atoms with Crippen LogP contribution in [-0.2, 0) is 26.0 Å². The molecule has 6 rings (SSSR count). The molecule has 17 heteroatoms. The highest BCUT2D eigenvalue weighted by Gasteiger charge is 2.38. The Bertz CT molecular complexity index is 1960. The monoisotopic (exact) mass is 794 g/mol. The summed E-state index contributed by atoms with van der Waals surface area (Å²) in [5, 5.41) is 0.355. The summed E-state index contributed by atoms with van der Waals surface area (Å²) in [6, 6.07) is 8.30. The molecule has 3 heterocycles. The number of ether oxygens (including phenoxy) is 3. The van der Waals surface area contributed by atoms with E-state index in [9.17, 15) is 31.6 Å². The zero-order valence-electron chi connectivity index (χ0n) is 28.8. The van der Waals surface area contributed by atoms with Crippen LogP contribution >= 0.6 is 23.2 Å². The predicted molar refractivity (Wildman–Crippen MR) is 192 cm³/mol. The maximum Gasteiger partial charge on any atom is 0.387 e. The van der Waals surface area contributed by atoms with Gasteiger partial charge in [-0.2, -0.15) is 8.78 Å². The van der Waals surface area contributed by atoms with Gasteiger partial charge in [-0.3, -0.25) is 28.6 Å². The van der Waals surface area contributed by atoms with Crippen LogP contribution in [0, 0.1) is 5.92 Å². The lowest BCUT2D eigenvalue weighted by Gasteiger charge is -2.30. The summed E-state index contributed by atoms with van der Waals surface area (Å²) in [5.74, 6) is -2.44. The maximum atomic E-state index is 13.6. The number of pyridine rings is 1. The number of hydrogen-bond donors (Lipinski definition) is 0. The molecule has 3 aliphatic rings. The van der Waals surface area contributed by atoms with Crippen molar-refractivity contribution in [2.45, 2.75) is 51.2 Å². The van der Waals surface area contributed by atoms with Crippen molar-refractivity contribution >= 4 is 56.7 Å². The van der Waals surface area contributed by atoms with Crippen molar-refractivity contribution in [1.82, 2.24) is 14.8 Å². The molecule has 0 N–H and O–H groups in total. The van der Waals surface area contributed by atoms with Crippen molar-refractivity contribution < 1.29 is 45.8 Å². The molecule has 2 amide bonds. The fourth-order valence-electron chi connectivity index (χ4n) is 6.37. The van der Waals surface area contributed by atoms with Crippen LogP contribution in [0.25, 0.3) is 0 Å². The minimum Gasteiger partial charge on any atom is -0.489 e. The number of nitrogens with zero attached hydrogens (tertiary/aromatic N) is 4. The average molecular weight is 796 g/mol. The lowest BCUT2D eigenvalue weighted by Crippen LogP contribution is -2.40. The first-order valence-corrected chi connectivity index (χ1v) is 19.8. The molecule has 2 aromatic carbocycles. The number of anilines is 1. The van der Waals surface area contributed by atoms with Gasteiger partial charge in [0.2, 0.25) is 10.0 Å². The van der Waals surface area contributed by atoms with E-state index in [1.165, 1.54) is 53.1 Å². The molecule has 1 atom stereocenters. The molecule has 0 radical (unpaired) electrons. The Hall–Kier alpha value is -4.05. The second kappa shape index (κ2) is 16.5. The largest absolute Gasteiger partial charge is 0.489 e. The molecule has 1 saturated heterocycles. The molecule has 0 unspecified atom stereocenters. The number of esters is 1. The minimum atomic E-state index is -3.74. The molecular weight excluding hydrogens is 757 g/mol. The number of benzene rings is 2. The van der Waals surface area contributed by atoms with Crippen LogP contribution in [0.4, 0.5) is 14.5 Å². The van der Waals surface area contributed by atoms with Crippen LogP contribution in [0.15, 0.2) is 48.8 Å². The predicted octanol–water partition coefficient (Wildman–Crippen LogP) is 6.15. The van der Waals surface area contributed by atoms with Gasteiger partial charge in [0, 0.05) is 31.9 Å². The molecule has 53 heavy (non-hydrogen) atoms. The summed E-state index contributed by atoms with van der Waals surface area (Å²) < 4.78 is 69.6. The van der Waals surface area contributed by atoms with Crippen LogP contribution in [0.2, 0.25) is 10.0 Å². The van der Waals surface area contributed by atoms with Gasteiger partial charge in [0.25, 0.3) is 11.8 Å². The third-order valence-corrected chi connectivity index (χ3v) is 11.2. The number of aromatic nitrogens is 1. The second-order valence-electron chi connectivity index (χ2n) is 13.3. The number of amides is 2. The Balaban J connectivity index is 1.22. The number of sulfonamides is 1. The summed E-state index contributed by atoms with van der Waals surface area (Å²) in [5.41, 5.74) is 0.866. The number of halogens is 4. The van der Waals surface area contributed by atoms with E-state index in [2.05, 4.69) is 14.6 Å². The zero-order chi connectivity index (χ0) is 37.9. The van der Waals surface area contributed by atoms with E-state index in [0.717, 1.165) is 56.3 Å². The van der Waals surface area contributed by atoms with E-state index in [1.54, 1.807) is 0 Å². The fourth-order valence-corrected chi connectivity index (χ4v) is 7.80. The SMILES string of the molecule is CS(=O)(=O)N(CCN1CCCCC1)c1ccc2c(c1)C(=O)N(CC(=O)O[C@@H](Cc1c(Cl)cncc1Cl)c1ccc(OC(F)F)c(OCC3CC3)c1)C2=O. The number of likely N-dealkylation sites (tertiary alicyclic amines) is 1. The fraction of sp³-hybridized carbons (Fsp3) is 0.444. The molecular formula is C36H38Cl2F2N4O8S. The minimum absolute atomic E-state index is 0.00926. The Labute approximate surface area is 315 Å². The van der Waals surface area contributed by atoms with Gasteiger partial charge in [-0.1, -0.05) is 35.7 Å². The molecule has 1 aliphatic carbocycles. The lowest BCUT2D eigenvalue weighted by atomic mass is 10.0. The normalized spacial score (nSPS) is 16.8. The van der Waals surface area contributed by atoms with Gasteiger partial charge in [0.15, 0.2) is 11.5 Å². The van der Waals surface area contributed by atoms with Gasteiger partial charge in [-0.25, -0.2) is 8.42 Å². The van der Waals surface area contributed by atoms with Crippen LogP contribution in [0.5, 0.6) is 11.5 Å². The van der Waals surface area contributed by atoms with Gasteiger partial charge >= 0.3 is 12.6 Å². The van der Waals surface area contributed by atoms with E-state index in [-0.39, 0.29) is 63.8 Å². The number of hydrogen-bond acceptors (Lipinski definition) is 10. The van der Waals surface area contributed by atoms with Crippen LogP contribution in [-0.4, -0.2) is 93.2 Å². The van der Waals surface area contributed by atoms with E-state index in [1.807, 2.05) is 0 Å². The van der Waals surface area contributed by atoms with E-state index in [4.69, 9.17) is 32.7 Å². The van der Waals surface area contributed by atoms with Crippen LogP contribution in [0.3, 0.4) is 0 Å². The van der Waals surface area contributed by atoms with Crippen LogP contribution < -0.4 is 13.8 Å². The van der Waals surface area contributed by atoms with Gasteiger partial charge in [0.05, 0.1) is 39.7 Å². The highest BCUT2D eigenvalue weighted by atomic mass is 35.5. The van der Waals surface area contributed by atoms with Gasteiger partial charge < -0.3 is 19.1 Å². The van der Waals surface area contributed by atoms with E-state index >= 15 is 0 Å². The summed E-state index contributed by atoms with van der Waals surface area (Å²) in [6.45, 7) is -1.21. The topological polar surface area (TPSA) is 136 Å². The van der Waals surface area contributed by atoms with Crippen molar-refractivity contribution in [3.8, 4) is 11.5 Å². The molecule has 0 spiro atoms. The Kier molecular flexibility index (Phi) is 12.1. The summed E-state index contributed by atoms with van der Waals surface area (Å²) in [4.78, 5) is 47.4. The molecule has 1 aromatic heterocycles. The highest BCUT2D eigenvalue weighted by molar-refractivity contribution is 7.92. The van der Waals surface area contributed by atoms with Crippen molar-refractivity contribution in [2.75, 3.05) is 49.9 Å². The second-order valence-corrected chi connectivity index (χ2v) is 16.0. The van der Waals surface area contributed by atoms with Crippen molar-refractivity contribution in [3.63, 3.8) is 0 Å². The van der Waals surface area contributed by atoms with E-state index < -0.39 is 47.1 Å². The number of rotatable bonds is 16. The first kappa shape index (κ1) is 38.7. The lowest BCUT2D eigenvalue weighted by molar-refractivity contribution is -0.149. The summed E-state index contributed by atoms with van der Waals surface area (Å²) in [7, 11) is -3.74. The van der Waals surface area contributed by atoms with Crippen molar-refractivity contribution in [1.29, 1.82) is 0 Å². The zero-order valence-corrected chi connectivity index (χ0v) is 31.1. The average Bonchev–Trinajstić information content (AvgIpc) is 3.92. The molecule has 284 valence electrons.